The summed E-state index contributed by atoms with van der Waals surface area (Å²) in [5, 5.41) is 9.22. The number of rotatable bonds is 16. The van der Waals surface area contributed by atoms with E-state index in [-0.39, 0.29) is 24.3 Å². The molecular weight excluding hydrogens is 655 g/mol. The van der Waals surface area contributed by atoms with Crippen molar-refractivity contribution in [3.63, 3.8) is 0 Å². The van der Waals surface area contributed by atoms with E-state index >= 15 is 0 Å². The van der Waals surface area contributed by atoms with Gasteiger partial charge in [-0.15, -0.1) is 11.3 Å². The lowest BCUT2D eigenvalue weighted by atomic mass is 9.85. The van der Waals surface area contributed by atoms with Crippen molar-refractivity contribution in [3.8, 4) is 10.4 Å². The van der Waals surface area contributed by atoms with Crippen LogP contribution in [0.25, 0.3) is 10.4 Å². The van der Waals surface area contributed by atoms with Crippen molar-refractivity contribution in [3.05, 3.63) is 70.9 Å². The molecule has 0 spiro atoms. The van der Waals surface area contributed by atoms with Gasteiger partial charge >= 0.3 is 0 Å². The molecule has 4 rings (SSSR count). The second-order valence-corrected chi connectivity index (χ2v) is 14.3. The van der Waals surface area contributed by atoms with Crippen molar-refractivity contribution in [1.29, 1.82) is 0 Å². The van der Waals surface area contributed by atoms with E-state index < -0.39 is 17.5 Å². The summed E-state index contributed by atoms with van der Waals surface area (Å²) in [6.07, 6.45) is 4.81. The molecule has 1 aliphatic heterocycles. The van der Waals surface area contributed by atoms with Gasteiger partial charge < -0.3 is 30.3 Å². The Morgan fingerprint density at radius 3 is 2.36 bits per heavy atom. The number of carbonyl (C=O) groups is 4. The average molecular weight is 708 g/mol. The molecule has 12 heteroatoms. The number of ether oxygens (including phenoxy) is 2. The highest BCUT2D eigenvalue weighted by molar-refractivity contribution is 7.13. The van der Waals surface area contributed by atoms with Gasteiger partial charge in [0.15, 0.2) is 0 Å². The first-order valence-electron chi connectivity index (χ1n) is 17.1. The number of anilines is 1. The van der Waals surface area contributed by atoms with Crippen LogP contribution in [0.1, 0.15) is 74.5 Å². The summed E-state index contributed by atoms with van der Waals surface area (Å²) < 4.78 is 9.86. The van der Waals surface area contributed by atoms with Crippen LogP contribution < -0.4 is 16.0 Å². The van der Waals surface area contributed by atoms with Crippen LogP contribution >= 0.6 is 11.3 Å². The molecule has 50 heavy (non-hydrogen) atoms. The van der Waals surface area contributed by atoms with Crippen molar-refractivity contribution in [1.82, 2.24) is 20.5 Å². The van der Waals surface area contributed by atoms with Crippen molar-refractivity contribution < 1.29 is 28.7 Å². The summed E-state index contributed by atoms with van der Waals surface area (Å²) in [6.45, 7) is 9.65. The van der Waals surface area contributed by atoms with E-state index in [1.54, 1.807) is 42.6 Å². The van der Waals surface area contributed by atoms with Gasteiger partial charge in [-0.1, -0.05) is 45.0 Å². The second kappa shape index (κ2) is 20.5. The highest BCUT2D eigenvalue weighted by Crippen LogP contribution is 2.28. The van der Waals surface area contributed by atoms with Crippen LogP contribution in [0.5, 0.6) is 0 Å². The van der Waals surface area contributed by atoms with Crippen molar-refractivity contribution in [2.24, 2.45) is 5.41 Å². The Labute approximate surface area is 300 Å². The fraction of sp³-hybridized carbons (Fsp3) is 0.500. The molecule has 2 unspecified atom stereocenters. The molecule has 0 radical (unpaired) electrons. The van der Waals surface area contributed by atoms with Gasteiger partial charge in [0.2, 0.25) is 17.7 Å². The Hall–Kier alpha value is -4.13. The number of methoxy groups -OCH3 is 1. The van der Waals surface area contributed by atoms with Gasteiger partial charge in [0.25, 0.3) is 0 Å². The predicted octanol–water partition coefficient (Wildman–Crippen LogP) is 5.63. The van der Waals surface area contributed by atoms with Gasteiger partial charge in [-0.3, -0.25) is 19.2 Å². The number of aldehydes is 1. The molecule has 3 aromatic rings. The predicted molar refractivity (Wildman–Crippen MR) is 198 cm³/mol. The van der Waals surface area contributed by atoms with Crippen LogP contribution in [0.4, 0.5) is 5.69 Å². The molecule has 2 aromatic carbocycles. The minimum absolute atomic E-state index is 0.132. The maximum absolute atomic E-state index is 13.8. The topological polar surface area (TPSA) is 139 Å². The second-order valence-electron chi connectivity index (χ2n) is 13.4. The lowest BCUT2D eigenvalue weighted by Crippen LogP contribution is -2.58. The van der Waals surface area contributed by atoms with Crippen LogP contribution in [0.2, 0.25) is 0 Å². The molecule has 1 aromatic heterocycles. The first-order chi connectivity index (χ1) is 24.0. The van der Waals surface area contributed by atoms with Gasteiger partial charge in [-0.2, -0.15) is 0 Å². The maximum atomic E-state index is 13.8. The Bertz CT molecular complexity index is 1500. The Morgan fingerprint density at radius 1 is 1.04 bits per heavy atom. The third-order valence-corrected chi connectivity index (χ3v) is 9.24. The largest absolute Gasteiger partial charge is 0.388 e. The SMILES string of the molecule is COC.Cc1ncsc1-c1ccc(CNC(=O)C2CCCN2C(=O)C(NC(=O)COCCCCCNc2ccc(C=O)cc2)C(C)(C)C)cc1. The number of aryl methyl sites for hydroxylation is 1. The molecule has 11 nitrogen and oxygen atoms in total. The molecule has 3 N–H and O–H groups in total. The van der Waals surface area contributed by atoms with Crippen molar-refractivity contribution >= 4 is 41.0 Å². The number of nitrogens with zero attached hydrogens (tertiary/aromatic N) is 2. The Balaban J connectivity index is 0.00000217. The summed E-state index contributed by atoms with van der Waals surface area (Å²) in [6, 6.07) is 14.0. The summed E-state index contributed by atoms with van der Waals surface area (Å²) in [5.74, 6) is -0.788. The highest BCUT2D eigenvalue weighted by atomic mass is 32.1. The quantitative estimate of drug-likeness (QED) is 0.129. The molecule has 3 amide bonds. The van der Waals surface area contributed by atoms with E-state index in [9.17, 15) is 19.2 Å². The number of benzene rings is 2. The third-order valence-electron chi connectivity index (χ3n) is 8.26. The molecule has 2 atom stereocenters. The third kappa shape index (κ3) is 12.6. The smallest absolute Gasteiger partial charge is 0.246 e. The number of thiazole rings is 1. The van der Waals surface area contributed by atoms with E-state index in [0.717, 1.165) is 65.9 Å². The van der Waals surface area contributed by atoms with Crippen molar-refractivity contribution in [2.45, 2.75) is 78.4 Å². The minimum Gasteiger partial charge on any atom is -0.388 e. The van der Waals surface area contributed by atoms with Gasteiger partial charge in [0.1, 0.15) is 25.0 Å². The molecule has 0 bridgehead atoms. The summed E-state index contributed by atoms with van der Waals surface area (Å²) in [5.41, 5.74) is 5.95. The standard InChI is InChI=1S/C36H47N5O5S.C2H6O/c1-25-32(47-24-39-25)28-14-10-26(11-15-28)21-38-34(44)30-9-8-19-41(30)35(45)33(36(2,3)4)40-31(43)23-46-20-7-5-6-18-37-29-16-12-27(22-42)13-17-29;1-3-2/h10-17,22,24,30,33,37H,5-9,18-21,23H2,1-4H3,(H,38,44)(H,40,43);1-2H3. The molecule has 0 aliphatic carbocycles. The van der Waals surface area contributed by atoms with Crippen LogP contribution in [0, 0.1) is 12.3 Å². The summed E-state index contributed by atoms with van der Waals surface area (Å²) >= 11 is 1.60. The van der Waals surface area contributed by atoms with E-state index in [2.05, 4.69) is 25.7 Å². The van der Waals surface area contributed by atoms with Gasteiger partial charge in [0.05, 0.1) is 16.1 Å². The van der Waals surface area contributed by atoms with E-state index in [4.69, 9.17) is 4.74 Å². The first-order valence-corrected chi connectivity index (χ1v) is 18.0. The lowest BCUT2D eigenvalue weighted by Gasteiger charge is -2.35. The van der Waals surface area contributed by atoms with Crippen LogP contribution in [-0.4, -0.2) is 86.5 Å². The monoisotopic (exact) mass is 707 g/mol. The zero-order chi connectivity index (χ0) is 36.5. The van der Waals surface area contributed by atoms with Gasteiger partial charge in [0, 0.05) is 51.7 Å². The Morgan fingerprint density at radius 2 is 1.74 bits per heavy atom. The summed E-state index contributed by atoms with van der Waals surface area (Å²) in [7, 11) is 3.25. The molecule has 272 valence electrons. The summed E-state index contributed by atoms with van der Waals surface area (Å²) in [4.78, 5) is 57.7. The number of carbonyl (C=O) groups excluding carboxylic acids is 4. The highest BCUT2D eigenvalue weighted by Gasteiger charge is 2.41. The first kappa shape index (κ1) is 40.3. The number of aromatic nitrogens is 1. The zero-order valence-electron chi connectivity index (χ0n) is 30.3. The number of likely N-dealkylation sites (tertiary alicyclic amines) is 1. The molecule has 1 fully saturated rings. The van der Waals surface area contributed by atoms with Gasteiger partial charge in [-0.05, 0) is 79.8 Å². The van der Waals surface area contributed by atoms with E-state index in [0.29, 0.717) is 31.7 Å². The van der Waals surface area contributed by atoms with Gasteiger partial charge in [-0.25, -0.2) is 4.98 Å². The number of unbranched alkanes of at least 4 members (excludes halogenated alkanes) is 2. The van der Waals surface area contributed by atoms with E-state index in [1.165, 1.54) is 0 Å². The number of nitrogens with one attached hydrogen (secondary N) is 3. The number of amides is 3. The van der Waals surface area contributed by atoms with Crippen LogP contribution in [0.15, 0.2) is 54.0 Å². The normalized spacial score (nSPS) is 14.7. The fourth-order valence-electron chi connectivity index (χ4n) is 5.56. The zero-order valence-corrected chi connectivity index (χ0v) is 31.1. The molecule has 1 saturated heterocycles. The van der Waals surface area contributed by atoms with Crippen molar-refractivity contribution in [2.75, 3.05) is 45.8 Å². The minimum atomic E-state index is -0.790. The van der Waals surface area contributed by atoms with Crippen LogP contribution in [-0.2, 0) is 30.4 Å². The lowest BCUT2D eigenvalue weighted by molar-refractivity contribution is -0.144. The van der Waals surface area contributed by atoms with Crippen LogP contribution in [0.3, 0.4) is 0 Å². The molecule has 0 saturated carbocycles. The maximum Gasteiger partial charge on any atom is 0.246 e. The average Bonchev–Trinajstić information content (AvgIpc) is 3.77. The number of hydrogen-bond acceptors (Lipinski definition) is 9. The van der Waals surface area contributed by atoms with E-state index in [1.807, 2.05) is 69.6 Å². The molecule has 1 aliphatic rings. The fourth-order valence-corrected chi connectivity index (χ4v) is 6.37. The molecular formula is C38H53N5O6S. The Kier molecular flexibility index (Phi) is 16.5. The number of hydrogen-bond donors (Lipinski definition) is 3. The molecule has 2 heterocycles.